The van der Waals surface area contributed by atoms with Crippen molar-refractivity contribution in [3.05, 3.63) is 28.2 Å². The number of carboxylic acid groups (broad SMARTS) is 1. The van der Waals surface area contributed by atoms with E-state index < -0.39 is 5.97 Å². The van der Waals surface area contributed by atoms with Gasteiger partial charge in [-0.3, -0.25) is 0 Å². The van der Waals surface area contributed by atoms with Gasteiger partial charge in [-0.1, -0.05) is 15.9 Å². The fourth-order valence-corrected chi connectivity index (χ4v) is 1.38. The van der Waals surface area contributed by atoms with E-state index in [2.05, 4.69) is 36.0 Å². The maximum atomic E-state index is 10.6. The summed E-state index contributed by atoms with van der Waals surface area (Å²) in [5.41, 5.74) is 0.112. The second-order valence-corrected chi connectivity index (χ2v) is 3.26. The highest BCUT2D eigenvalue weighted by Crippen LogP contribution is 2.24. The zero-order valence-corrected chi connectivity index (χ0v) is 8.92. The number of aromatic carboxylic acids is 1. The first kappa shape index (κ1) is 9.54. The van der Waals surface area contributed by atoms with Crippen LogP contribution in [0.25, 0.3) is 0 Å². The molecule has 12 heavy (non-hydrogen) atoms. The van der Waals surface area contributed by atoms with Gasteiger partial charge in [-0.25, -0.2) is 4.79 Å². The Kier molecular flexibility index (Phi) is 3.11. The SMILES string of the molecule is O=C(O)c1cc(Br)ccc1OBr. The fraction of sp³-hybridized carbons (Fsp3) is 0. The maximum Gasteiger partial charge on any atom is 0.339 e. The molecule has 0 saturated carbocycles. The average Bonchev–Trinajstić information content (AvgIpc) is 2.04. The van der Waals surface area contributed by atoms with Crippen LogP contribution in [0, 0.1) is 0 Å². The monoisotopic (exact) mass is 294 g/mol. The summed E-state index contributed by atoms with van der Waals surface area (Å²) in [5.74, 6) is -0.739. The molecule has 0 saturated heterocycles. The van der Waals surface area contributed by atoms with E-state index in [1.165, 1.54) is 6.07 Å². The molecular weight excluding hydrogens is 292 g/mol. The molecule has 3 nitrogen and oxygen atoms in total. The first-order valence-corrected chi connectivity index (χ1v) is 4.40. The average molecular weight is 296 g/mol. The highest BCUT2D eigenvalue weighted by molar-refractivity contribution is 9.10. The third kappa shape index (κ3) is 1.98. The van der Waals surface area contributed by atoms with Crippen LogP contribution in [0.2, 0.25) is 0 Å². The van der Waals surface area contributed by atoms with Crippen molar-refractivity contribution < 1.29 is 13.7 Å². The van der Waals surface area contributed by atoms with Crippen molar-refractivity contribution in [1.29, 1.82) is 0 Å². The highest BCUT2D eigenvalue weighted by atomic mass is 79.9. The van der Waals surface area contributed by atoms with Crippen LogP contribution in [0.4, 0.5) is 0 Å². The number of hydrogen-bond acceptors (Lipinski definition) is 2. The minimum atomic E-state index is -1.02. The highest BCUT2D eigenvalue weighted by Gasteiger charge is 2.10. The van der Waals surface area contributed by atoms with Crippen LogP contribution < -0.4 is 3.83 Å². The minimum Gasteiger partial charge on any atom is -0.478 e. The topological polar surface area (TPSA) is 46.5 Å². The van der Waals surface area contributed by atoms with Crippen molar-refractivity contribution in [2.45, 2.75) is 0 Å². The molecule has 5 heteroatoms. The molecule has 0 aliphatic rings. The molecule has 0 heterocycles. The Morgan fingerprint density at radius 1 is 1.50 bits per heavy atom. The maximum absolute atomic E-state index is 10.6. The number of hydrogen-bond donors (Lipinski definition) is 1. The molecule has 0 unspecified atom stereocenters. The Balaban J connectivity index is 3.21. The van der Waals surface area contributed by atoms with Gasteiger partial charge in [0.15, 0.2) is 22.0 Å². The lowest BCUT2D eigenvalue weighted by Gasteiger charge is -2.01. The van der Waals surface area contributed by atoms with Gasteiger partial charge in [0, 0.05) is 4.47 Å². The first-order chi connectivity index (χ1) is 5.65. The van der Waals surface area contributed by atoms with Crippen molar-refractivity contribution in [3.8, 4) is 5.75 Å². The molecule has 0 amide bonds. The summed E-state index contributed by atoms with van der Waals surface area (Å²) in [6.07, 6.45) is 0. The molecule has 0 aliphatic heterocycles. The van der Waals surface area contributed by atoms with Gasteiger partial charge in [-0.05, 0) is 18.2 Å². The molecular formula is C7H4Br2O3. The molecule has 0 spiro atoms. The summed E-state index contributed by atoms with van der Waals surface area (Å²) in [7, 11) is 0. The van der Waals surface area contributed by atoms with Crippen LogP contribution in [-0.4, -0.2) is 11.1 Å². The Labute approximate surface area is 85.9 Å². The smallest absolute Gasteiger partial charge is 0.339 e. The molecule has 0 atom stereocenters. The fourth-order valence-electron chi connectivity index (χ4n) is 0.737. The van der Waals surface area contributed by atoms with Crippen LogP contribution in [0.3, 0.4) is 0 Å². The molecule has 1 aromatic carbocycles. The van der Waals surface area contributed by atoms with Crippen LogP contribution in [-0.2, 0) is 0 Å². The molecule has 0 fully saturated rings. The zero-order valence-electron chi connectivity index (χ0n) is 5.75. The van der Waals surface area contributed by atoms with Crippen molar-refractivity contribution in [3.63, 3.8) is 0 Å². The van der Waals surface area contributed by atoms with E-state index in [9.17, 15) is 4.79 Å². The van der Waals surface area contributed by atoms with Gasteiger partial charge in [0.1, 0.15) is 5.56 Å². The molecule has 1 N–H and O–H groups in total. The lowest BCUT2D eigenvalue weighted by Crippen LogP contribution is -1.98. The lowest BCUT2D eigenvalue weighted by atomic mass is 10.2. The van der Waals surface area contributed by atoms with Crippen molar-refractivity contribution >= 4 is 38.2 Å². The Hall–Kier alpha value is -0.550. The third-order valence-corrected chi connectivity index (χ3v) is 2.10. The van der Waals surface area contributed by atoms with E-state index in [0.717, 1.165) is 0 Å². The summed E-state index contributed by atoms with van der Waals surface area (Å²) in [5, 5.41) is 8.70. The van der Waals surface area contributed by atoms with Crippen molar-refractivity contribution in [2.75, 3.05) is 0 Å². The number of halogens is 2. The Bertz CT molecular complexity index is 312. The number of carbonyl (C=O) groups is 1. The third-order valence-electron chi connectivity index (χ3n) is 1.26. The predicted molar refractivity (Wildman–Crippen MR) is 50.7 cm³/mol. The molecule has 0 bridgehead atoms. The first-order valence-electron chi connectivity index (χ1n) is 2.96. The second kappa shape index (κ2) is 3.91. The molecule has 0 aliphatic carbocycles. The van der Waals surface area contributed by atoms with Gasteiger partial charge in [0.25, 0.3) is 0 Å². The van der Waals surface area contributed by atoms with Gasteiger partial charge < -0.3 is 8.93 Å². The predicted octanol–water partition coefficient (Wildman–Crippen LogP) is 2.84. The summed E-state index contributed by atoms with van der Waals surface area (Å²) < 4.78 is 5.37. The van der Waals surface area contributed by atoms with E-state index in [-0.39, 0.29) is 11.3 Å². The number of rotatable bonds is 2. The summed E-state index contributed by atoms with van der Waals surface area (Å²) in [4.78, 5) is 10.6. The van der Waals surface area contributed by atoms with Crippen molar-refractivity contribution in [2.24, 2.45) is 0 Å². The van der Waals surface area contributed by atoms with E-state index in [1.807, 2.05) is 0 Å². The van der Waals surface area contributed by atoms with Gasteiger partial charge in [-0.2, -0.15) is 0 Å². The molecule has 1 aromatic rings. The van der Waals surface area contributed by atoms with Gasteiger partial charge in [0.05, 0.1) is 0 Å². The van der Waals surface area contributed by atoms with Crippen molar-refractivity contribution in [1.82, 2.24) is 0 Å². The van der Waals surface area contributed by atoms with Crippen LogP contribution in [0.5, 0.6) is 5.75 Å². The molecule has 0 aromatic heterocycles. The van der Waals surface area contributed by atoms with Gasteiger partial charge >= 0.3 is 5.97 Å². The number of carboxylic acids is 1. The zero-order chi connectivity index (χ0) is 9.14. The summed E-state index contributed by atoms with van der Waals surface area (Å²) in [6.45, 7) is 0. The molecule has 0 radical (unpaired) electrons. The van der Waals surface area contributed by atoms with Crippen LogP contribution in [0.1, 0.15) is 10.4 Å². The Morgan fingerprint density at radius 3 is 2.67 bits per heavy atom. The van der Waals surface area contributed by atoms with E-state index >= 15 is 0 Å². The van der Waals surface area contributed by atoms with Gasteiger partial charge in [-0.15, -0.1) is 0 Å². The van der Waals surface area contributed by atoms with E-state index in [1.54, 1.807) is 12.1 Å². The van der Waals surface area contributed by atoms with Crippen LogP contribution in [0.15, 0.2) is 22.7 Å². The normalized spacial score (nSPS) is 9.50. The van der Waals surface area contributed by atoms with Crippen LogP contribution >= 0.6 is 32.2 Å². The Morgan fingerprint density at radius 2 is 2.17 bits per heavy atom. The lowest BCUT2D eigenvalue weighted by molar-refractivity contribution is 0.0695. The van der Waals surface area contributed by atoms with Gasteiger partial charge in [0.2, 0.25) is 0 Å². The molecule has 64 valence electrons. The number of benzene rings is 1. The standard InChI is InChI=1S/C7H4Br2O3/c8-4-1-2-6(12-9)5(3-4)7(10)11/h1-3H,(H,10,11). The quantitative estimate of drug-likeness (QED) is 0.912. The summed E-state index contributed by atoms with van der Waals surface area (Å²) >= 11 is 5.88. The molecule has 1 rings (SSSR count). The largest absolute Gasteiger partial charge is 0.478 e. The second-order valence-electron chi connectivity index (χ2n) is 2.02. The summed E-state index contributed by atoms with van der Waals surface area (Å²) in [6, 6.07) is 4.73. The van der Waals surface area contributed by atoms with E-state index in [0.29, 0.717) is 4.47 Å². The minimum absolute atomic E-state index is 0.112. The van der Waals surface area contributed by atoms with E-state index in [4.69, 9.17) is 5.11 Å².